The van der Waals surface area contributed by atoms with E-state index in [0.717, 1.165) is 24.1 Å². The molecule has 1 aliphatic carbocycles. The van der Waals surface area contributed by atoms with E-state index in [-0.39, 0.29) is 11.9 Å². The van der Waals surface area contributed by atoms with Crippen molar-refractivity contribution in [1.29, 1.82) is 0 Å². The highest BCUT2D eigenvalue weighted by molar-refractivity contribution is 5.93. The Kier molecular flexibility index (Phi) is 4.57. The van der Waals surface area contributed by atoms with Gasteiger partial charge in [-0.2, -0.15) is 15.4 Å². The van der Waals surface area contributed by atoms with E-state index in [2.05, 4.69) is 20.7 Å². The van der Waals surface area contributed by atoms with E-state index in [1.54, 1.807) is 18.2 Å². The fourth-order valence-electron chi connectivity index (χ4n) is 2.46. The van der Waals surface area contributed by atoms with E-state index in [4.69, 9.17) is 4.74 Å². The van der Waals surface area contributed by atoms with Crippen molar-refractivity contribution >= 4 is 11.9 Å². The molecule has 2 aromatic rings. The Labute approximate surface area is 146 Å². The minimum absolute atomic E-state index is 0.265. The first-order valence-corrected chi connectivity index (χ1v) is 8.34. The monoisotopic (exact) mass is 342 g/mol. The summed E-state index contributed by atoms with van der Waals surface area (Å²) < 4.78 is 5.36. The number of amides is 1. The van der Waals surface area contributed by atoms with Gasteiger partial charge in [-0.3, -0.25) is 4.79 Å². The summed E-state index contributed by atoms with van der Waals surface area (Å²) in [6.07, 6.45) is 2.09. The quantitative estimate of drug-likeness (QED) is 0.814. The summed E-state index contributed by atoms with van der Waals surface area (Å²) in [6, 6.07) is 7.03. The molecule has 7 nitrogen and oxygen atoms in total. The average molecular weight is 342 g/mol. The maximum atomic E-state index is 12.3. The molecule has 7 heteroatoms. The molecule has 1 aromatic carbocycles. The van der Waals surface area contributed by atoms with Gasteiger partial charge in [-0.05, 0) is 51.3 Å². The zero-order valence-corrected chi connectivity index (χ0v) is 14.6. The zero-order chi connectivity index (χ0) is 18.0. The Bertz CT molecular complexity index is 788. The molecule has 1 aromatic heterocycles. The number of aromatic amines is 1. The van der Waals surface area contributed by atoms with Crippen LogP contribution in [0, 0.1) is 0 Å². The van der Waals surface area contributed by atoms with E-state index < -0.39 is 5.60 Å². The first kappa shape index (κ1) is 17.1. The molecule has 1 fully saturated rings. The number of benzene rings is 1. The van der Waals surface area contributed by atoms with Crippen LogP contribution < -0.4 is 5.32 Å². The van der Waals surface area contributed by atoms with Crippen LogP contribution in [-0.4, -0.2) is 32.9 Å². The van der Waals surface area contributed by atoms with Crippen molar-refractivity contribution in [3.63, 3.8) is 0 Å². The Balaban J connectivity index is 1.63. The van der Waals surface area contributed by atoms with Crippen LogP contribution in [0.25, 0.3) is 0 Å². The predicted octanol–water partition coefficient (Wildman–Crippen LogP) is 2.57. The minimum Gasteiger partial charge on any atom is -0.456 e. The van der Waals surface area contributed by atoms with Crippen LogP contribution in [0.5, 0.6) is 0 Å². The minimum atomic E-state index is -0.548. The molecule has 0 aliphatic heterocycles. The maximum Gasteiger partial charge on any atom is 0.338 e. The number of esters is 1. The molecule has 0 radical (unpaired) electrons. The van der Waals surface area contributed by atoms with Gasteiger partial charge in [-0.15, -0.1) is 0 Å². The van der Waals surface area contributed by atoms with Gasteiger partial charge in [0.05, 0.1) is 11.3 Å². The standard InChI is InChI=1S/C18H22N4O3/c1-18(2,3)25-17(24)13-6-4-5-11(9-13)10-19-16(23)15-14(12-7-8-12)20-22-21-15/h4-6,9,12H,7-8,10H2,1-3H3,(H,19,23)(H,20,21,22). The fourth-order valence-corrected chi connectivity index (χ4v) is 2.46. The van der Waals surface area contributed by atoms with E-state index in [0.29, 0.717) is 23.7 Å². The number of rotatable bonds is 5. The second kappa shape index (κ2) is 6.66. The Morgan fingerprint density at radius 1 is 1.28 bits per heavy atom. The first-order chi connectivity index (χ1) is 11.8. The lowest BCUT2D eigenvalue weighted by Gasteiger charge is -2.19. The third kappa shape index (κ3) is 4.43. The zero-order valence-electron chi connectivity index (χ0n) is 14.6. The van der Waals surface area contributed by atoms with Gasteiger partial charge in [0, 0.05) is 12.5 Å². The van der Waals surface area contributed by atoms with E-state index in [1.807, 2.05) is 26.8 Å². The van der Waals surface area contributed by atoms with E-state index >= 15 is 0 Å². The van der Waals surface area contributed by atoms with Crippen molar-refractivity contribution in [1.82, 2.24) is 20.7 Å². The number of ether oxygens (including phenoxy) is 1. The largest absolute Gasteiger partial charge is 0.456 e. The number of aromatic nitrogens is 3. The number of nitrogens with one attached hydrogen (secondary N) is 2. The topological polar surface area (TPSA) is 97.0 Å². The van der Waals surface area contributed by atoms with Crippen molar-refractivity contribution in [2.75, 3.05) is 0 Å². The molecule has 1 heterocycles. The van der Waals surface area contributed by atoms with Crippen molar-refractivity contribution in [2.24, 2.45) is 0 Å². The van der Waals surface area contributed by atoms with Gasteiger partial charge in [-0.1, -0.05) is 12.1 Å². The molecular formula is C18H22N4O3. The van der Waals surface area contributed by atoms with Crippen LogP contribution in [0.3, 0.4) is 0 Å². The van der Waals surface area contributed by atoms with Gasteiger partial charge in [0.25, 0.3) is 5.91 Å². The first-order valence-electron chi connectivity index (χ1n) is 8.34. The van der Waals surface area contributed by atoms with E-state index in [9.17, 15) is 9.59 Å². The van der Waals surface area contributed by atoms with Gasteiger partial charge in [0.1, 0.15) is 5.60 Å². The Morgan fingerprint density at radius 3 is 2.72 bits per heavy atom. The van der Waals surface area contributed by atoms with Crippen LogP contribution in [-0.2, 0) is 11.3 Å². The average Bonchev–Trinajstić information content (AvgIpc) is 3.28. The SMILES string of the molecule is CC(C)(C)OC(=O)c1cccc(CNC(=O)c2n[nH]nc2C2CC2)c1. The highest BCUT2D eigenvalue weighted by Crippen LogP contribution is 2.39. The molecule has 1 aliphatic rings. The second-order valence-corrected chi connectivity index (χ2v) is 7.22. The summed E-state index contributed by atoms with van der Waals surface area (Å²) >= 11 is 0. The van der Waals surface area contributed by atoms with Gasteiger partial charge in [0.15, 0.2) is 5.69 Å². The second-order valence-electron chi connectivity index (χ2n) is 7.22. The van der Waals surface area contributed by atoms with Crippen molar-refractivity contribution in [2.45, 2.75) is 51.7 Å². The summed E-state index contributed by atoms with van der Waals surface area (Å²) in [5, 5.41) is 13.4. The van der Waals surface area contributed by atoms with Crippen LogP contribution in [0.15, 0.2) is 24.3 Å². The van der Waals surface area contributed by atoms with Crippen molar-refractivity contribution in [3.8, 4) is 0 Å². The summed E-state index contributed by atoms with van der Waals surface area (Å²) in [4.78, 5) is 24.4. The number of carbonyl (C=O) groups is 2. The number of carbonyl (C=O) groups excluding carboxylic acids is 2. The number of hydrogen-bond acceptors (Lipinski definition) is 5. The molecule has 25 heavy (non-hydrogen) atoms. The number of nitrogens with zero attached hydrogens (tertiary/aromatic N) is 2. The predicted molar refractivity (Wildman–Crippen MR) is 91.1 cm³/mol. The number of hydrogen-bond donors (Lipinski definition) is 2. The lowest BCUT2D eigenvalue weighted by atomic mass is 10.1. The van der Waals surface area contributed by atoms with Gasteiger partial charge >= 0.3 is 5.97 Å². The van der Waals surface area contributed by atoms with Crippen LogP contribution in [0.1, 0.15) is 71.6 Å². The van der Waals surface area contributed by atoms with Crippen LogP contribution >= 0.6 is 0 Å². The summed E-state index contributed by atoms with van der Waals surface area (Å²) in [7, 11) is 0. The summed E-state index contributed by atoms with van der Waals surface area (Å²) in [5.74, 6) is -0.304. The Hall–Kier alpha value is -2.70. The molecule has 3 rings (SSSR count). The molecular weight excluding hydrogens is 320 g/mol. The Morgan fingerprint density at radius 2 is 2.04 bits per heavy atom. The molecule has 0 bridgehead atoms. The highest BCUT2D eigenvalue weighted by atomic mass is 16.6. The van der Waals surface area contributed by atoms with Gasteiger partial charge in [0.2, 0.25) is 0 Å². The lowest BCUT2D eigenvalue weighted by molar-refractivity contribution is 0.00693. The van der Waals surface area contributed by atoms with Gasteiger partial charge < -0.3 is 10.1 Å². The normalized spacial score (nSPS) is 14.2. The van der Waals surface area contributed by atoms with Crippen molar-refractivity contribution < 1.29 is 14.3 Å². The third-order valence-corrected chi connectivity index (χ3v) is 3.77. The van der Waals surface area contributed by atoms with Crippen LogP contribution in [0.2, 0.25) is 0 Å². The molecule has 0 unspecified atom stereocenters. The molecule has 1 amide bonds. The smallest absolute Gasteiger partial charge is 0.338 e. The van der Waals surface area contributed by atoms with Crippen LogP contribution in [0.4, 0.5) is 0 Å². The molecule has 0 atom stereocenters. The summed E-state index contributed by atoms with van der Waals surface area (Å²) in [5.41, 5.74) is 1.81. The molecule has 0 spiro atoms. The highest BCUT2D eigenvalue weighted by Gasteiger charge is 2.31. The molecule has 2 N–H and O–H groups in total. The van der Waals surface area contributed by atoms with Gasteiger partial charge in [-0.25, -0.2) is 4.79 Å². The molecule has 0 saturated heterocycles. The third-order valence-electron chi connectivity index (χ3n) is 3.77. The molecule has 132 valence electrons. The van der Waals surface area contributed by atoms with E-state index in [1.165, 1.54) is 0 Å². The number of H-pyrrole nitrogens is 1. The maximum absolute atomic E-state index is 12.3. The fraction of sp³-hybridized carbons (Fsp3) is 0.444. The van der Waals surface area contributed by atoms with Crippen molar-refractivity contribution in [3.05, 3.63) is 46.8 Å². The summed E-state index contributed by atoms with van der Waals surface area (Å²) in [6.45, 7) is 5.77. The molecule has 1 saturated carbocycles. The lowest BCUT2D eigenvalue weighted by Crippen LogP contribution is -2.25.